The third-order valence-electron chi connectivity index (χ3n) is 3.31. The second kappa shape index (κ2) is 6.16. The van der Waals surface area contributed by atoms with Crippen molar-refractivity contribution in [3.63, 3.8) is 0 Å². The molecule has 0 heterocycles. The minimum Gasteiger partial charge on any atom is -0.494 e. The van der Waals surface area contributed by atoms with Crippen LogP contribution in [0.15, 0.2) is 18.2 Å². The van der Waals surface area contributed by atoms with E-state index in [4.69, 9.17) is 4.74 Å². The number of nitrogens with one attached hydrogen (secondary N) is 1. The normalized spacial score (nSPS) is 11.9. The summed E-state index contributed by atoms with van der Waals surface area (Å²) in [4.78, 5) is 2.16. The van der Waals surface area contributed by atoms with Crippen LogP contribution in [0.5, 0.6) is 5.75 Å². The Kier molecular flexibility index (Phi) is 5.11. The molecule has 0 aliphatic carbocycles. The van der Waals surface area contributed by atoms with Crippen LogP contribution in [0.4, 0.5) is 4.39 Å². The Morgan fingerprint density at radius 2 is 2.00 bits per heavy atom. The van der Waals surface area contributed by atoms with Gasteiger partial charge in [0.2, 0.25) is 0 Å². The number of likely N-dealkylation sites (N-methyl/N-ethyl adjacent to an activating group) is 1. The average molecular weight is 254 g/mol. The van der Waals surface area contributed by atoms with E-state index in [1.54, 1.807) is 6.07 Å². The minimum atomic E-state index is -0.316. The van der Waals surface area contributed by atoms with Crippen molar-refractivity contribution in [2.75, 3.05) is 27.7 Å². The summed E-state index contributed by atoms with van der Waals surface area (Å²) in [5, 5.41) is 3.34. The summed E-state index contributed by atoms with van der Waals surface area (Å²) in [7, 11) is 5.57. The fraction of sp³-hybridized carbons (Fsp3) is 0.571. The van der Waals surface area contributed by atoms with E-state index < -0.39 is 0 Å². The molecule has 0 unspecified atom stereocenters. The van der Waals surface area contributed by atoms with Gasteiger partial charge in [-0.3, -0.25) is 0 Å². The highest BCUT2D eigenvalue weighted by Gasteiger charge is 2.19. The molecule has 0 spiro atoms. The Balaban J connectivity index is 2.52. The van der Waals surface area contributed by atoms with Crippen molar-refractivity contribution in [2.45, 2.75) is 25.9 Å². The van der Waals surface area contributed by atoms with E-state index in [1.807, 2.05) is 6.07 Å². The molecule has 0 atom stereocenters. The summed E-state index contributed by atoms with van der Waals surface area (Å²) < 4.78 is 18.4. The molecule has 0 radical (unpaired) electrons. The van der Waals surface area contributed by atoms with E-state index in [0.717, 1.165) is 12.1 Å². The molecule has 3 nitrogen and oxygen atoms in total. The molecule has 102 valence electrons. The van der Waals surface area contributed by atoms with Crippen LogP contribution in [0.2, 0.25) is 0 Å². The van der Waals surface area contributed by atoms with Crippen molar-refractivity contribution in [3.8, 4) is 5.75 Å². The second-order valence-electron chi connectivity index (χ2n) is 5.28. The predicted molar refractivity (Wildman–Crippen MR) is 72.4 cm³/mol. The summed E-state index contributed by atoms with van der Waals surface area (Å²) in [5.74, 6) is -0.0314. The Morgan fingerprint density at radius 3 is 2.50 bits per heavy atom. The molecule has 4 heteroatoms. The summed E-state index contributed by atoms with van der Waals surface area (Å²) in [6.07, 6.45) is 0. The van der Waals surface area contributed by atoms with Gasteiger partial charge in [-0.1, -0.05) is 6.07 Å². The van der Waals surface area contributed by atoms with E-state index in [1.165, 1.54) is 13.2 Å². The quantitative estimate of drug-likeness (QED) is 0.843. The molecule has 0 amide bonds. The zero-order chi connectivity index (χ0) is 13.8. The molecule has 0 aromatic heterocycles. The topological polar surface area (TPSA) is 24.5 Å². The highest BCUT2D eigenvalue weighted by molar-refractivity contribution is 5.29. The Morgan fingerprint density at radius 1 is 1.33 bits per heavy atom. The van der Waals surface area contributed by atoms with Gasteiger partial charge in [0.15, 0.2) is 11.6 Å². The monoisotopic (exact) mass is 254 g/mol. The molecule has 1 rings (SSSR count). The maximum atomic E-state index is 13.5. The molecule has 18 heavy (non-hydrogen) atoms. The van der Waals surface area contributed by atoms with Crippen LogP contribution in [-0.2, 0) is 6.54 Å². The average Bonchev–Trinajstić information content (AvgIpc) is 2.29. The smallest absolute Gasteiger partial charge is 0.165 e. The maximum absolute atomic E-state index is 13.5. The van der Waals surface area contributed by atoms with Gasteiger partial charge >= 0.3 is 0 Å². The number of hydrogen-bond acceptors (Lipinski definition) is 3. The molecule has 0 fully saturated rings. The first-order valence-corrected chi connectivity index (χ1v) is 6.07. The van der Waals surface area contributed by atoms with Crippen LogP contribution >= 0.6 is 0 Å². The van der Waals surface area contributed by atoms with Gasteiger partial charge in [0.25, 0.3) is 0 Å². The molecule has 0 bridgehead atoms. The van der Waals surface area contributed by atoms with E-state index in [9.17, 15) is 4.39 Å². The number of ether oxygens (including phenoxy) is 1. The number of methoxy groups -OCH3 is 1. The minimum absolute atomic E-state index is 0.0744. The number of halogens is 1. The van der Waals surface area contributed by atoms with E-state index in [2.05, 4.69) is 38.2 Å². The molecule has 0 aliphatic heterocycles. The third-order valence-corrected chi connectivity index (χ3v) is 3.31. The van der Waals surface area contributed by atoms with E-state index in [-0.39, 0.29) is 17.1 Å². The summed E-state index contributed by atoms with van der Waals surface area (Å²) in [6, 6.07) is 5.04. The Bertz CT molecular complexity index is 391. The Hall–Kier alpha value is -1.13. The summed E-state index contributed by atoms with van der Waals surface area (Å²) in [6.45, 7) is 5.81. The van der Waals surface area contributed by atoms with Gasteiger partial charge < -0.3 is 15.0 Å². The van der Waals surface area contributed by atoms with Gasteiger partial charge in [0, 0.05) is 18.6 Å². The van der Waals surface area contributed by atoms with Gasteiger partial charge in [-0.15, -0.1) is 0 Å². The number of rotatable bonds is 6. The van der Waals surface area contributed by atoms with E-state index >= 15 is 0 Å². The van der Waals surface area contributed by atoms with Crippen molar-refractivity contribution < 1.29 is 9.13 Å². The summed E-state index contributed by atoms with van der Waals surface area (Å²) in [5.41, 5.74) is 0.994. The number of hydrogen-bond donors (Lipinski definition) is 1. The molecule has 0 saturated carbocycles. The molecular weight excluding hydrogens is 231 g/mol. The summed E-state index contributed by atoms with van der Waals surface area (Å²) >= 11 is 0. The van der Waals surface area contributed by atoms with Crippen molar-refractivity contribution in [3.05, 3.63) is 29.6 Å². The lowest BCUT2D eigenvalue weighted by molar-refractivity contribution is 0.189. The fourth-order valence-electron chi connectivity index (χ4n) is 1.49. The van der Waals surface area contributed by atoms with Gasteiger partial charge in [-0.25, -0.2) is 4.39 Å². The Labute approximate surface area is 109 Å². The molecule has 1 aromatic carbocycles. The van der Waals surface area contributed by atoms with Crippen molar-refractivity contribution in [2.24, 2.45) is 0 Å². The highest BCUT2D eigenvalue weighted by atomic mass is 19.1. The standard InChI is InChI=1S/C14H23FN2O/c1-14(2,17(3)4)10-16-9-11-6-7-13(18-5)12(15)8-11/h6-8,16H,9-10H2,1-5H3. The lowest BCUT2D eigenvalue weighted by atomic mass is 10.0. The van der Waals surface area contributed by atoms with E-state index in [0.29, 0.717) is 6.54 Å². The third kappa shape index (κ3) is 3.96. The fourth-order valence-corrected chi connectivity index (χ4v) is 1.49. The molecule has 1 aromatic rings. The van der Waals surface area contributed by atoms with Crippen LogP contribution in [0.3, 0.4) is 0 Å². The first kappa shape index (κ1) is 14.9. The lowest BCUT2D eigenvalue weighted by Gasteiger charge is -2.32. The number of nitrogens with zero attached hydrogens (tertiary/aromatic N) is 1. The lowest BCUT2D eigenvalue weighted by Crippen LogP contribution is -2.46. The van der Waals surface area contributed by atoms with Gasteiger partial charge in [-0.2, -0.15) is 0 Å². The largest absolute Gasteiger partial charge is 0.494 e. The first-order chi connectivity index (χ1) is 8.36. The zero-order valence-corrected chi connectivity index (χ0v) is 11.9. The number of benzene rings is 1. The van der Waals surface area contributed by atoms with Crippen LogP contribution in [0.1, 0.15) is 19.4 Å². The highest BCUT2D eigenvalue weighted by Crippen LogP contribution is 2.17. The van der Waals surface area contributed by atoms with Crippen LogP contribution < -0.4 is 10.1 Å². The van der Waals surface area contributed by atoms with Gasteiger partial charge in [0.1, 0.15) is 0 Å². The van der Waals surface area contributed by atoms with Gasteiger partial charge in [0.05, 0.1) is 7.11 Å². The van der Waals surface area contributed by atoms with Gasteiger partial charge in [-0.05, 0) is 45.6 Å². The maximum Gasteiger partial charge on any atom is 0.165 e. The molecule has 0 aliphatic rings. The van der Waals surface area contributed by atoms with Crippen molar-refractivity contribution in [1.82, 2.24) is 10.2 Å². The molecule has 0 saturated heterocycles. The molecule has 1 N–H and O–H groups in total. The van der Waals surface area contributed by atoms with Crippen LogP contribution in [0.25, 0.3) is 0 Å². The molecular formula is C14H23FN2O. The van der Waals surface area contributed by atoms with Crippen molar-refractivity contribution >= 4 is 0 Å². The van der Waals surface area contributed by atoms with Crippen molar-refractivity contribution in [1.29, 1.82) is 0 Å². The van der Waals surface area contributed by atoms with Crippen LogP contribution in [-0.4, -0.2) is 38.2 Å². The zero-order valence-electron chi connectivity index (χ0n) is 11.9. The predicted octanol–water partition coefficient (Wildman–Crippen LogP) is 2.26. The second-order valence-corrected chi connectivity index (χ2v) is 5.28. The first-order valence-electron chi connectivity index (χ1n) is 6.07. The van der Waals surface area contributed by atoms with Crippen LogP contribution in [0, 0.1) is 5.82 Å². The SMILES string of the molecule is COc1ccc(CNCC(C)(C)N(C)C)cc1F.